The van der Waals surface area contributed by atoms with Gasteiger partial charge in [-0.3, -0.25) is 10.1 Å². The number of esters is 1. The van der Waals surface area contributed by atoms with Crippen molar-refractivity contribution in [2.75, 3.05) is 6.61 Å². The second-order valence-electron chi connectivity index (χ2n) is 3.17. The first-order valence-corrected chi connectivity index (χ1v) is 4.94. The van der Waals surface area contributed by atoms with Gasteiger partial charge in [-0.1, -0.05) is 0 Å². The van der Waals surface area contributed by atoms with Crippen LogP contribution in [0.3, 0.4) is 0 Å². The number of nitro groups is 1. The van der Waals surface area contributed by atoms with Crippen LogP contribution in [0, 0.1) is 21.7 Å². The van der Waals surface area contributed by atoms with Gasteiger partial charge in [0.05, 0.1) is 17.6 Å². The van der Waals surface area contributed by atoms with Crippen LogP contribution in [0.5, 0.6) is 0 Å². The van der Waals surface area contributed by atoms with Crippen LogP contribution in [0.1, 0.15) is 12.5 Å². The number of rotatable bonds is 4. The lowest BCUT2D eigenvalue weighted by molar-refractivity contribution is -0.387. The molecule has 0 radical (unpaired) electrons. The van der Waals surface area contributed by atoms with Crippen LogP contribution in [-0.2, 0) is 9.53 Å². The predicted molar refractivity (Wildman–Crippen MR) is 58.7 cm³/mol. The molecule has 0 saturated carbocycles. The third kappa shape index (κ3) is 3.34. The van der Waals surface area contributed by atoms with Crippen molar-refractivity contribution in [2.45, 2.75) is 6.92 Å². The molecule has 0 aliphatic rings. The van der Waals surface area contributed by atoms with Gasteiger partial charge in [-0.15, -0.1) is 0 Å². The van der Waals surface area contributed by atoms with Gasteiger partial charge in [0.2, 0.25) is 5.82 Å². The normalized spacial score (nSPS) is 10.6. The van der Waals surface area contributed by atoms with Gasteiger partial charge in [0.25, 0.3) is 0 Å². The highest BCUT2D eigenvalue weighted by Crippen LogP contribution is 2.22. The maximum atomic E-state index is 13.4. The van der Waals surface area contributed by atoms with E-state index in [2.05, 4.69) is 4.74 Å². The quantitative estimate of drug-likeness (QED) is 0.359. The van der Waals surface area contributed by atoms with Crippen molar-refractivity contribution < 1.29 is 23.2 Å². The Labute approximate surface area is 101 Å². The van der Waals surface area contributed by atoms with Gasteiger partial charge in [-0.2, -0.15) is 4.39 Å². The highest BCUT2D eigenvalue weighted by Gasteiger charge is 2.17. The van der Waals surface area contributed by atoms with E-state index < -0.39 is 28.2 Å². The standard InChI is InChI=1S/C11H9F2NO4/c1-2-18-11(15)4-3-7-5-9(13)10(14(16)17)6-8(7)12/h3-6H,2H2,1H3. The number of ether oxygens (including phenoxy) is 1. The fraction of sp³-hybridized carbons (Fsp3) is 0.182. The van der Waals surface area contributed by atoms with E-state index in [1.807, 2.05) is 0 Å². The number of halogens is 2. The Morgan fingerprint density at radius 1 is 1.44 bits per heavy atom. The maximum absolute atomic E-state index is 13.4. The van der Waals surface area contributed by atoms with Crippen molar-refractivity contribution >= 4 is 17.7 Å². The molecule has 7 heteroatoms. The van der Waals surface area contributed by atoms with Crippen LogP contribution in [0.2, 0.25) is 0 Å². The highest BCUT2D eigenvalue weighted by molar-refractivity contribution is 5.87. The van der Waals surface area contributed by atoms with Crippen molar-refractivity contribution in [3.63, 3.8) is 0 Å². The Bertz CT molecular complexity index is 514. The number of nitro benzene ring substituents is 1. The zero-order valence-corrected chi connectivity index (χ0v) is 9.35. The summed E-state index contributed by atoms with van der Waals surface area (Å²) in [6.45, 7) is 1.75. The van der Waals surface area contributed by atoms with Gasteiger partial charge in [0.15, 0.2) is 0 Å². The molecule has 96 valence electrons. The topological polar surface area (TPSA) is 69.4 Å². The first-order chi connectivity index (χ1) is 8.45. The first kappa shape index (κ1) is 13.8. The molecular formula is C11H9F2NO4. The largest absolute Gasteiger partial charge is 0.463 e. The molecule has 0 fully saturated rings. The van der Waals surface area contributed by atoms with E-state index in [0.717, 1.165) is 12.2 Å². The molecule has 0 spiro atoms. The van der Waals surface area contributed by atoms with Gasteiger partial charge < -0.3 is 4.74 Å². The minimum absolute atomic E-state index is 0.153. The van der Waals surface area contributed by atoms with E-state index in [9.17, 15) is 23.7 Å². The molecular weight excluding hydrogens is 248 g/mol. The Hall–Kier alpha value is -2.31. The molecule has 0 amide bonds. The average Bonchev–Trinajstić information content (AvgIpc) is 2.29. The highest BCUT2D eigenvalue weighted by atomic mass is 19.1. The molecule has 0 saturated heterocycles. The fourth-order valence-electron chi connectivity index (χ4n) is 1.17. The summed E-state index contributed by atoms with van der Waals surface area (Å²) in [6.07, 6.45) is 1.90. The van der Waals surface area contributed by atoms with Crippen LogP contribution in [0.4, 0.5) is 14.5 Å². The molecule has 0 unspecified atom stereocenters. The van der Waals surface area contributed by atoms with Gasteiger partial charge in [0.1, 0.15) is 5.82 Å². The molecule has 0 atom stereocenters. The van der Waals surface area contributed by atoms with E-state index in [4.69, 9.17) is 0 Å². The molecule has 1 rings (SSSR count). The number of hydrogen-bond donors (Lipinski definition) is 0. The monoisotopic (exact) mass is 257 g/mol. The van der Waals surface area contributed by atoms with Crippen LogP contribution >= 0.6 is 0 Å². The number of carbonyl (C=O) groups is 1. The fourth-order valence-corrected chi connectivity index (χ4v) is 1.17. The number of hydrogen-bond acceptors (Lipinski definition) is 4. The first-order valence-electron chi connectivity index (χ1n) is 4.94. The lowest BCUT2D eigenvalue weighted by Gasteiger charge is -1.99. The third-order valence-electron chi connectivity index (χ3n) is 1.95. The molecule has 0 bridgehead atoms. The van der Waals surface area contributed by atoms with E-state index in [1.165, 1.54) is 0 Å². The SMILES string of the molecule is CCOC(=O)C=Cc1cc(F)c([N+](=O)[O-])cc1F. The average molecular weight is 257 g/mol. The maximum Gasteiger partial charge on any atom is 0.330 e. The summed E-state index contributed by atoms with van der Waals surface area (Å²) in [5, 5.41) is 10.3. The second kappa shape index (κ2) is 5.85. The summed E-state index contributed by atoms with van der Waals surface area (Å²) < 4.78 is 31.1. The second-order valence-corrected chi connectivity index (χ2v) is 3.17. The lowest BCUT2D eigenvalue weighted by Crippen LogP contribution is -1.99. The van der Waals surface area contributed by atoms with Crippen molar-refractivity contribution in [3.05, 3.63) is 45.5 Å². The van der Waals surface area contributed by atoms with E-state index in [0.29, 0.717) is 12.1 Å². The summed E-state index contributed by atoms with van der Waals surface area (Å²) in [5.41, 5.74) is -1.23. The number of carbonyl (C=O) groups excluding carboxylic acids is 1. The van der Waals surface area contributed by atoms with Crippen molar-refractivity contribution in [2.24, 2.45) is 0 Å². The van der Waals surface area contributed by atoms with Gasteiger partial charge >= 0.3 is 11.7 Å². The van der Waals surface area contributed by atoms with Gasteiger partial charge in [0, 0.05) is 11.6 Å². The number of nitrogens with zero attached hydrogens (tertiary/aromatic N) is 1. The Kier molecular flexibility index (Phi) is 4.47. The predicted octanol–water partition coefficient (Wildman–Crippen LogP) is 2.45. The Morgan fingerprint density at radius 2 is 2.11 bits per heavy atom. The smallest absolute Gasteiger partial charge is 0.330 e. The summed E-state index contributed by atoms with van der Waals surface area (Å²) in [7, 11) is 0. The molecule has 0 aliphatic heterocycles. The summed E-state index contributed by atoms with van der Waals surface area (Å²) in [4.78, 5) is 20.3. The van der Waals surface area contributed by atoms with E-state index in [1.54, 1.807) is 6.92 Å². The zero-order valence-electron chi connectivity index (χ0n) is 9.35. The van der Waals surface area contributed by atoms with Crippen LogP contribution in [0.15, 0.2) is 18.2 Å². The minimum atomic E-state index is -1.18. The summed E-state index contributed by atoms with van der Waals surface area (Å²) in [6, 6.07) is 1.10. The summed E-state index contributed by atoms with van der Waals surface area (Å²) >= 11 is 0. The lowest BCUT2D eigenvalue weighted by atomic mass is 10.1. The summed E-state index contributed by atoms with van der Waals surface area (Å²) in [5.74, 6) is -2.88. The molecule has 0 N–H and O–H groups in total. The van der Waals surface area contributed by atoms with Crippen LogP contribution in [0.25, 0.3) is 6.08 Å². The van der Waals surface area contributed by atoms with Gasteiger partial charge in [-0.25, -0.2) is 9.18 Å². The van der Waals surface area contributed by atoms with E-state index >= 15 is 0 Å². The third-order valence-corrected chi connectivity index (χ3v) is 1.95. The minimum Gasteiger partial charge on any atom is -0.463 e. The Morgan fingerprint density at radius 3 is 2.67 bits per heavy atom. The van der Waals surface area contributed by atoms with Crippen LogP contribution in [-0.4, -0.2) is 17.5 Å². The van der Waals surface area contributed by atoms with Crippen molar-refractivity contribution in [3.8, 4) is 0 Å². The van der Waals surface area contributed by atoms with Gasteiger partial charge in [-0.05, 0) is 19.1 Å². The van der Waals surface area contributed by atoms with E-state index in [-0.39, 0.29) is 12.2 Å². The molecule has 5 nitrogen and oxygen atoms in total. The number of benzene rings is 1. The molecule has 1 aromatic carbocycles. The van der Waals surface area contributed by atoms with Crippen molar-refractivity contribution in [1.82, 2.24) is 0 Å². The molecule has 0 heterocycles. The zero-order chi connectivity index (χ0) is 13.7. The molecule has 1 aromatic rings. The van der Waals surface area contributed by atoms with Crippen LogP contribution < -0.4 is 0 Å². The molecule has 18 heavy (non-hydrogen) atoms. The molecule has 0 aromatic heterocycles. The van der Waals surface area contributed by atoms with Crippen molar-refractivity contribution in [1.29, 1.82) is 0 Å². The Balaban J connectivity index is 3.02. The molecule has 0 aliphatic carbocycles.